The molecule has 0 spiro atoms. The Bertz CT molecular complexity index is 782. The highest BCUT2D eigenvalue weighted by atomic mass is 16.5. The SMILES string of the molecule is CC(=O)N/C(=C\c1ccccc1)C(=O)OCC(=O)N[C@@H](C)c1ccco1. The van der Waals surface area contributed by atoms with Crippen molar-refractivity contribution in [1.29, 1.82) is 0 Å². The minimum atomic E-state index is -0.801. The van der Waals surface area contributed by atoms with E-state index in [0.29, 0.717) is 11.3 Å². The van der Waals surface area contributed by atoms with Crippen LogP contribution in [0.2, 0.25) is 0 Å². The topological polar surface area (TPSA) is 97.6 Å². The predicted octanol–water partition coefficient (Wildman–Crippen LogP) is 2.18. The van der Waals surface area contributed by atoms with Crippen LogP contribution in [0.4, 0.5) is 0 Å². The van der Waals surface area contributed by atoms with Gasteiger partial charge in [-0.15, -0.1) is 0 Å². The Balaban J connectivity index is 1.95. The number of esters is 1. The number of furan rings is 1. The zero-order chi connectivity index (χ0) is 18.9. The van der Waals surface area contributed by atoms with Crippen LogP contribution >= 0.6 is 0 Å². The molecule has 0 aliphatic rings. The molecular weight excluding hydrogens is 336 g/mol. The van der Waals surface area contributed by atoms with Crippen LogP contribution in [-0.2, 0) is 19.1 Å². The molecule has 2 rings (SSSR count). The van der Waals surface area contributed by atoms with Gasteiger partial charge in [0, 0.05) is 6.92 Å². The van der Waals surface area contributed by atoms with Crippen molar-refractivity contribution in [1.82, 2.24) is 10.6 Å². The van der Waals surface area contributed by atoms with E-state index in [1.807, 2.05) is 6.07 Å². The number of carbonyl (C=O) groups is 3. The van der Waals surface area contributed by atoms with Crippen molar-refractivity contribution in [3.63, 3.8) is 0 Å². The zero-order valence-corrected chi connectivity index (χ0v) is 14.5. The van der Waals surface area contributed by atoms with E-state index >= 15 is 0 Å². The minimum Gasteiger partial charge on any atom is -0.467 e. The second-order valence-electron chi connectivity index (χ2n) is 5.53. The predicted molar refractivity (Wildman–Crippen MR) is 94.5 cm³/mol. The van der Waals surface area contributed by atoms with E-state index in [1.54, 1.807) is 43.3 Å². The summed E-state index contributed by atoms with van der Waals surface area (Å²) in [5.74, 6) is -1.11. The Morgan fingerprint density at radius 2 is 1.88 bits per heavy atom. The maximum Gasteiger partial charge on any atom is 0.355 e. The smallest absolute Gasteiger partial charge is 0.355 e. The molecule has 0 unspecified atom stereocenters. The van der Waals surface area contributed by atoms with Gasteiger partial charge in [0.15, 0.2) is 6.61 Å². The fourth-order valence-electron chi connectivity index (χ4n) is 2.15. The van der Waals surface area contributed by atoms with E-state index in [-0.39, 0.29) is 11.7 Å². The monoisotopic (exact) mass is 356 g/mol. The molecule has 0 fully saturated rings. The Labute approximate surface area is 151 Å². The summed E-state index contributed by atoms with van der Waals surface area (Å²) in [4.78, 5) is 35.4. The highest BCUT2D eigenvalue weighted by Gasteiger charge is 2.17. The first-order valence-electron chi connectivity index (χ1n) is 8.00. The van der Waals surface area contributed by atoms with E-state index in [0.717, 1.165) is 0 Å². The highest BCUT2D eigenvalue weighted by molar-refractivity contribution is 5.98. The molecule has 0 aliphatic carbocycles. The molecular formula is C19H20N2O5. The number of amides is 2. The molecule has 0 saturated heterocycles. The summed E-state index contributed by atoms with van der Waals surface area (Å²) in [5.41, 5.74) is 0.666. The lowest BCUT2D eigenvalue weighted by atomic mass is 10.2. The molecule has 0 saturated carbocycles. The molecule has 2 aromatic rings. The lowest BCUT2D eigenvalue weighted by molar-refractivity contribution is -0.145. The average Bonchev–Trinajstić information content (AvgIpc) is 3.14. The third kappa shape index (κ3) is 5.94. The van der Waals surface area contributed by atoms with Gasteiger partial charge >= 0.3 is 5.97 Å². The molecule has 1 atom stereocenters. The van der Waals surface area contributed by atoms with E-state index in [2.05, 4.69) is 10.6 Å². The van der Waals surface area contributed by atoms with Crippen molar-refractivity contribution in [2.45, 2.75) is 19.9 Å². The minimum absolute atomic E-state index is 0.0458. The van der Waals surface area contributed by atoms with Crippen LogP contribution in [0.1, 0.15) is 31.2 Å². The number of ether oxygens (including phenoxy) is 1. The number of benzene rings is 1. The number of carbonyl (C=O) groups excluding carboxylic acids is 3. The van der Waals surface area contributed by atoms with Crippen LogP contribution in [-0.4, -0.2) is 24.4 Å². The molecule has 2 N–H and O–H groups in total. The number of rotatable bonds is 7. The first-order valence-corrected chi connectivity index (χ1v) is 8.00. The fraction of sp³-hybridized carbons (Fsp3) is 0.211. The number of nitrogens with one attached hydrogen (secondary N) is 2. The van der Waals surface area contributed by atoms with Crippen LogP contribution in [0, 0.1) is 0 Å². The van der Waals surface area contributed by atoms with E-state index in [4.69, 9.17) is 9.15 Å². The fourth-order valence-corrected chi connectivity index (χ4v) is 2.15. The Morgan fingerprint density at radius 3 is 2.50 bits per heavy atom. The van der Waals surface area contributed by atoms with Crippen molar-refractivity contribution < 1.29 is 23.5 Å². The van der Waals surface area contributed by atoms with Crippen LogP contribution < -0.4 is 10.6 Å². The molecule has 0 aliphatic heterocycles. The Hall–Kier alpha value is -3.35. The molecule has 7 heteroatoms. The molecule has 0 radical (unpaired) electrons. The van der Waals surface area contributed by atoms with Gasteiger partial charge in [0.05, 0.1) is 12.3 Å². The van der Waals surface area contributed by atoms with Crippen molar-refractivity contribution in [2.75, 3.05) is 6.61 Å². The number of hydrogen-bond donors (Lipinski definition) is 2. The van der Waals surface area contributed by atoms with Gasteiger partial charge in [-0.2, -0.15) is 0 Å². The van der Waals surface area contributed by atoms with Gasteiger partial charge < -0.3 is 19.8 Å². The summed E-state index contributed by atoms with van der Waals surface area (Å²) >= 11 is 0. The Kier molecular flexibility index (Phi) is 6.73. The lowest BCUT2D eigenvalue weighted by Gasteiger charge is -2.12. The maximum atomic E-state index is 12.2. The van der Waals surface area contributed by atoms with Crippen LogP contribution in [0.25, 0.3) is 6.08 Å². The molecule has 1 aromatic carbocycles. The first kappa shape index (κ1) is 19.0. The summed E-state index contributed by atoms with van der Waals surface area (Å²) in [5, 5.41) is 5.07. The number of hydrogen-bond acceptors (Lipinski definition) is 5. The maximum absolute atomic E-state index is 12.2. The average molecular weight is 356 g/mol. The molecule has 0 bridgehead atoms. The summed E-state index contributed by atoms with van der Waals surface area (Å²) in [6.45, 7) is 2.55. The van der Waals surface area contributed by atoms with E-state index in [9.17, 15) is 14.4 Å². The van der Waals surface area contributed by atoms with Gasteiger partial charge in [-0.1, -0.05) is 30.3 Å². The van der Waals surface area contributed by atoms with E-state index in [1.165, 1.54) is 19.3 Å². The Morgan fingerprint density at radius 1 is 1.15 bits per heavy atom. The first-order chi connectivity index (χ1) is 12.5. The standard InChI is InChI=1S/C19H20N2O5/c1-13(17-9-6-10-25-17)20-18(23)12-26-19(24)16(21-14(2)22)11-15-7-4-3-5-8-15/h3-11,13H,12H2,1-2H3,(H,20,23)(H,21,22)/b16-11-/t13-/m0/s1. The largest absolute Gasteiger partial charge is 0.467 e. The van der Waals surface area contributed by atoms with Crippen LogP contribution in [0.3, 0.4) is 0 Å². The van der Waals surface area contributed by atoms with E-state index < -0.39 is 24.4 Å². The summed E-state index contributed by atoms with van der Waals surface area (Å²) in [6, 6.07) is 12.1. The normalized spacial score (nSPS) is 12.2. The van der Waals surface area contributed by atoms with Gasteiger partial charge in [-0.25, -0.2) is 4.79 Å². The quantitative estimate of drug-likeness (QED) is 0.585. The third-order valence-electron chi connectivity index (χ3n) is 3.32. The van der Waals surface area contributed by atoms with Gasteiger partial charge in [-0.3, -0.25) is 9.59 Å². The van der Waals surface area contributed by atoms with Crippen molar-refractivity contribution in [2.24, 2.45) is 0 Å². The van der Waals surface area contributed by atoms with Crippen molar-refractivity contribution >= 4 is 23.9 Å². The summed E-state index contributed by atoms with van der Waals surface area (Å²) in [7, 11) is 0. The molecule has 26 heavy (non-hydrogen) atoms. The van der Waals surface area contributed by atoms with Crippen molar-refractivity contribution in [3.8, 4) is 0 Å². The van der Waals surface area contributed by atoms with Gasteiger partial charge in [-0.05, 0) is 30.7 Å². The molecule has 7 nitrogen and oxygen atoms in total. The van der Waals surface area contributed by atoms with Gasteiger partial charge in [0.1, 0.15) is 11.5 Å². The molecule has 2 amide bonds. The lowest BCUT2D eigenvalue weighted by Crippen LogP contribution is -2.33. The second-order valence-corrected chi connectivity index (χ2v) is 5.53. The zero-order valence-electron chi connectivity index (χ0n) is 14.5. The molecule has 136 valence electrons. The van der Waals surface area contributed by atoms with Gasteiger partial charge in [0.2, 0.25) is 5.91 Å². The van der Waals surface area contributed by atoms with Crippen molar-refractivity contribution in [3.05, 3.63) is 65.7 Å². The van der Waals surface area contributed by atoms with Gasteiger partial charge in [0.25, 0.3) is 5.91 Å². The highest BCUT2D eigenvalue weighted by Crippen LogP contribution is 2.12. The molecule has 1 aromatic heterocycles. The summed E-state index contributed by atoms with van der Waals surface area (Å²) < 4.78 is 10.2. The molecule has 1 heterocycles. The summed E-state index contributed by atoms with van der Waals surface area (Å²) in [6.07, 6.45) is 2.99. The van der Waals surface area contributed by atoms with Crippen LogP contribution in [0.15, 0.2) is 58.8 Å². The second kappa shape index (κ2) is 9.22. The van der Waals surface area contributed by atoms with Crippen LogP contribution in [0.5, 0.6) is 0 Å². The third-order valence-corrected chi connectivity index (χ3v) is 3.32.